The Hall–Kier alpha value is -5.24. The predicted molar refractivity (Wildman–Crippen MR) is 188 cm³/mol. The van der Waals surface area contributed by atoms with Crippen LogP contribution in [0.4, 0.5) is 0 Å². The van der Waals surface area contributed by atoms with E-state index in [9.17, 15) is 29.3 Å². The van der Waals surface area contributed by atoms with Crippen molar-refractivity contribution in [3.8, 4) is 0 Å². The summed E-state index contributed by atoms with van der Waals surface area (Å²) >= 11 is 4.14. The van der Waals surface area contributed by atoms with Gasteiger partial charge >= 0.3 is 5.97 Å². The molecule has 0 spiro atoms. The summed E-state index contributed by atoms with van der Waals surface area (Å²) < 4.78 is 4.75. The van der Waals surface area contributed by atoms with Crippen molar-refractivity contribution in [2.75, 3.05) is 19.4 Å². The zero-order valence-corrected chi connectivity index (χ0v) is 28.5. The van der Waals surface area contributed by atoms with E-state index in [4.69, 9.17) is 10.1 Å². The summed E-state index contributed by atoms with van der Waals surface area (Å²) in [5.41, 5.74) is 2.60. The van der Waals surface area contributed by atoms with Crippen molar-refractivity contribution in [2.24, 2.45) is 0 Å². The summed E-state index contributed by atoms with van der Waals surface area (Å²) in [6.07, 6.45) is 3.45. The van der Waals surface area contributed by atoms with Crippen molar-refractivity contribution >= 4 is 42.0 Å². The van der Waals surface area contributed by atoms with Crippen LogP contribution in [0.5, 0.6) is 0 Å². The lowest BCUT2D eigenvalue weighted by atomic mass is 9.93. The molecule has 0 radical (unpaired) electrons. The normalized spacial score (nSPS) is 15.4. The van der Waals surface area contributed by atoms with Crippen molar-refractivity contribution in [2.45, 2.75) is 57.7 Å². The largest absolute Gasteiger partial charge is 0.467 e. The predicted octanol–water partition coefficient (Wildman–Crippen LogP) is 2.81. The number of hydrogen-bond acceptors (Lipinski definition) is 10. The van der Waals surface area contributed by atoms with Crippen LogP contribution >= 0.6 is 12.6 Å². The molecule has 3 atom stereocenters. The first-order valence-corrected chi connectivity index (χ1v) is 16.4. The number of thiol groups is 1. The van der Waals surface area contributed by atoms with Gasteiger partial charge in [0.25, 0.3) is 5.70 Å². The maximum Gasteiger partial charge on any atom is 0.329 e. The van der Waals surface area contributed by atoms with E-state index < -0.39 is 46.7 Å². The Kier molecular flexibility index (Phi) is 14.8. The van der Waals surface area contributed by atoms with Crippen molar-refractivity contribution in [3.63, 3.8) is 0 Å². The highest BCUT2D eigenvalue weighted by Crippen LogP contribution is 2.25. The van der Waals surface area contributed by atoms with Crippen LogP contribution in [-0.4, -0.2) is 71.9 Å². The number of rotatable bonds is 17. The molecule has 3 amide bonds. The van der Waals surface area contributed by atoms with E-state index in [-0.39, 0.29) is 48.5 Å². The third-order valence-electron chi connectivity index (χ3n) is 7.84. The van der Waals surface area contributed by atoms with E-state index in [1.54, 1.807) is 43.3 Å². The minimum Gasteiger partial charge on any atom is -0.467 e. The van der Waals surface area contributed by atoms with Crippen molar-refractivity contribution in [1.29, 1.82) is 5.41 Å². The maximum atomic E-state index is 13.8. The number of amides is 3. The molecule has 49 heavy (non-hydrogen) atoms. The monoisotopic (exact) mass is 690 g/mol. The van der Waals surface area contributed by atoms with E-state index in [2.05, 4.69) is 33.9 Å². The average Bonchev–Trinajstić information content (AvgIpc) is 3.10. The van der Waals surface area contributed by atoms with E-state index >= 15 is 0 Å². The van der Waals surface area contributed by atoms with Gasteiger partial charge in [-0.15, -0.1) is 0 Å². The first kappa shape index (κ1) is 38.2. The number of nitrogens with one attached hydrogen (secondary N) is 5. The summed E-state index contributed by atoms with van der Waals surface area (Å²) in [6.45, 7) is 3.67. The van der Waals surface area contributed by atoms with Crippen LogP contribution in [0.15, 0.2) is 95.4 Å². The number of carbonyl (C=O) groups is 4. The molecular formula is C35H42N6O7S. The Morgan fingerprint density at radius 3 is 1.90 bits per heavy atom. The molecule has 0 aromatic heterocycles. The summed E-state index contributed by atoms with van der Waals surface area (Å²) in [5.74, 6) is -2.42. The van der Waals surface area contributed by atoms with Crippen molar-refractivity contribution in [3.05, 3.63) is 117 Å². The lowest BCUT2D eigenvalue weighted by Crippen LogP contribution is -2.57. The first-order valence-electron chi connectivity index (χ1n) is 15.7. The van der Waals surface area contributed by atoms with Gasteiger partial charge in [-0.3, -0.25) is 29.9 Å². The van der Waals surface area contributed by atoms with E-state index in [0.717, 1.165) is 11.1 Å². The Morgan fingerprint density at radius 1 is 0.878 bits per heavy atom. The zero-order valence-electron chi connectivity index (χ0n) is 27.7. The average molecular weight is 691 g/mol. The molecule has 2 aromatic rings. The van der Waals surface area contributed by atoms with Crippen LogP contribution in [0.2, 0.25) is 0 Å². The molecule has 0 aliphatic heterocycles. The third kappa shape index (κ3) is 11.2. The van der Waals surface area contributed by atoms with Crippen LogP contribution in [-0.2, 0) is 36.8 Å². The second kappa shape index (κ2) is 18.9. The Bertz CT molecular complexity index is 1630. The topological polar surface area (TPSA) is 193 Å². The minimum atomic E-state index is -1.10. The van der Waals surface area contributed by atoms with Crippen LogP contribution < -0.4 is 21.3 Å². The molecule has 0 heterocycles. The first-order chi connectivity index (χ1) is 23.5. The Labute approximate surface area is 290 Å². The van der Waals surface area contributed by atoms with Gasteiger partial charge in [0.1, 0.15) is 18.1 Å². The molecule has 0 saturated carbocycles. The molecule has 0 fully saturated rings. The van der Waals surface area contributed by atoms with E-state index in [1.165, 1.54) is 19.3 Å². The highest BCUT2D eigenvalue weighted by Gasteiger charge is 2.31. The molecule has 3 unspecified atom stereocenters. The number of ether oxygens (including phenoxy) is 1. The zero-order chi connectivity index (χ0) is 35.9. The fourth-order valence-electron chi connectivity index (χ4n) is 5.06. The quantitative estimate of drug-likeness (QED) is 0.0632. The fraction of sp³-hybridized carbons (Fsp3) is 0.343. The number of methoxy groups -OCH3 is 1. The smallest absolute Gasteiger partial charge is 0.329 e. The highest BCUT2D eigenvalue weighted by molar-refractivity contribution is 7.80. The van der Waals surface area contributed by atoms with Gasteiger partial charge in [-0.2, -0.15) is 12.6 Å². The number of allylic oxidation sites excluding steroid dienone is 5. The van der Waals surface area contributed by atoms with Gasteiger partial charge < -0.3 is 26.0 Å². The second-order valence-corrected chi connectivity index (χ2v) is 11.6. The standard InChI is InChI=1S/C35H42N6O7S/c1-4-22(2)31-29(41(46)47)16-15-25(32(31)36)37-18-17-30(42)38-26(19-23-11-7-5-8-12-23)33(43)39-27(20-24-13-9-6-10-14-24)34(44)40-28(21-49)35(45)48-3/h5-16,26-28,36-37,49H,4,17-21H2,1-3H3,(H,38,42)(H,39,43)(H,40,44)/b31-22-,36-32?. The van der Waals surface area contributed by atoms with E-state index in [0.29, 0.717) is 17.7 Å². The number of esters is 1. The molecule has 3 rings (SSSR count). The molecule has 260 valence electrons. The minimum absolute atomic E-state index is 0.0233. The van der Waals surface area contributed by atoms with Gasteiger partial charge in [0, 0.05) is 37.6 Å². The Morgan fingerprint density at radius 2 is 1.41 bits per heavy atom. The summed E-state index contributed by atoms with van der Waals surface area (Å²) in [4.78, 5) is 63.5. The number of carbonyl (C=O) groups excluding carboxylic acids is 4. The SMILES string of the molecule is CC/C(C)=C1\C(=N)C(NCCC(=O)NC(Cc2ccccc2)C(=O)NC(Cc2ccccc2)C(=O)NC(CS)C(=O)OC)=CC=C1[N+](=O)[O-]. The van der Waals surface area contributed by atoms with Crippen LogP contribution in [0.3, 0.4) is 0 Å². The summed E-state index contributed by atoms with van der Waals surface area (Å²) in [6, 6.07) is 14.9. The van der Waals surface area contributed by atoms with Crippen LogP contribution in [0.1, 0.15) is 37.8 Å². The fourth-order valence-corrected chi connectivity index (χ4v) is 5.30. The molecule has 0 saturated heterocycles. The molecular weight excluding hydrogens is 648 g/mol. The lowest BCUT2D eigenvalue weighted by Gasteiger charge is -2.25. The lowest BCUT2D eigenvalue weighted by molar-refractivity contribution is -0.420. The van der Waals surface area contributed by atoms with Crippen LogP contribution in [0.25, 0.3) is 0 Å². The second-order valence-electron chi connectivity index (χ2n) is 11.3. The number of nitro groups is 1. The van der Waals surface area contributed by atoms with Crippen LogP contribution in [0, 0.1) is 15.5 Å². The number of hydrogen-bond donors (Lipinski definition) is 6. The molecule has 0 bridgehead atoms. The summed E-state index contributed by atoms with van der Waals surface area (Å²) in [5, 5.41) is 31.2. The highest BCUT2D eigenvalue weighted by atomic mass is 32.1. The van der Waals surface area contributed by atoms with Gasteiger partial charge in [-0.1, -0.05) is 73.2 Å². The Balaban J connectivity index is 1.76. The van der Waals surface area contributed by atoms with Gasteiger partial charge in [0.2, 0.25) is 17.7 Å². The van der Waals surface area contributed by atoms with Gasteiger partial charge in [-0.25, -0.2) is 4.79 Å². The summed E-state index contributed by atoms with van der Waals surface area (Å²) in [7, 11) is 1.20. The molecule has 5 N–H and O–H groups in total. The molecule has 2 aromatic carbocycles. The maximum absolute atomic E-state index is 13.8. The van der Waals surface area contributed by atoms with E-state index in [1.807, 2.05) is 31.2 Å². The molecule has 1 aliphatic rings. The van der Waals surface area contributed by atoms with Gasteiger partial charge in [0.15, 0.2) is 0 Å². The van der Waals surface area contributed by atoms with Gasteiger partial charge in [0.05, 0.1) is 29.0 Å². The molecule has 1 aliphatic carbocycles. The van der Waals surface area contributed by atoms with Gasteiger partial charge in [-0.05, 0) is 30.5 Å². The molecule has 14 heteroatoms. The van der Waals surface area contributed by atoms with Crippen molar-refractivity contribution < 1.29 is 28.8 Å². The van der Waals surface area contributed by atoms with Crippen molar-refractivity contribution in [1.82, 2.24) is 21.3 Å². The third-order valence-corrected chi connectivity index (χ3v) is 8.20. The number of benzene rings is 2. The number of nitrogens with zero attached hydrogens (tertiary/aromatic N) is 1. The molecule has 13 nitrogen and oxygen atoms in total.